The second-order valence-electron chi connectivity index (χ2n) is 6.54. The van der Waals surface area contributed by atoms with Crippen LogP contribution in [0.3, 0.4) is 0 Å². The zero-order valence-electron chi connectivity index (χ0n) is 15.2. The van der Waals surface area contributed by atoms with Gasteiger partial charge in [-0.1, -0.05) is 91.0 Å². The molecule has 3 nitrogen and oxygen atoms in total. The average Bonchev–Trinajstić information content (AvgIpc) is 2.77. The number of benzene rings is 3. The Kier molecular flexibility index (Phi) is 4.86. The van der Waals surface area contributed by atoms with Crippen molar-refractivity contribution in [3.63, 3.8) is 0 Å². The molecule has 0 saturated carbocycles. The topological polar surface area (TPSA) is 45.8 Å². The van der Waals surface area contributed by atoms with Crippen LogP contribution in [0.1, 0.15) is 11.1 Å². The fourth-order valence-corrected chi connectivity index (χ4v) is 3.37. The smallest absolute Gasteiger partial charge is 0.269 e. The third kappa shape index (κ3) is 3.36. The van der Waals surface area contributed by atoms with Gasteiger partial charge in [0.05, 0.1) is 12.2 Å². The lowest BCUT2D eigenvalue weighted by Crippen LogP contribution is -2.25. The van der Waals surface area contributed by atoms with Gasteiger partial charge in [-0.05, 0) is 22.8 Å². The van der Waals surface area contributed by atoms with Crippen LogP contribution in [-0.4, -0.2) is 4.57 Å². The Bertz CT molecular complexity index is 1190. The van der Waals surface area contributed by atoms with E-state index in [9.17, 15) is 10.1 Å². The van der Waals surface area contributed by atoms with Crippen LogP contribution in [0.2, 0.25) is 0 Å². The summed E-state index contributed by atoms with van der Waals surface area (Å²) >= 11 is 0. The maximum atomic E-state index is 13.3. The highest BCUT2D eigenvalue weighted by molar-refractivity contribution is 5.75. The lowest BCUT2D eigenvalue weighted by molar-refractivity contribution is 0.766. The highest BCUT2D eigenvalue weighted by atomic mass is 16.1. The van der Waals surface area contributed by atoms with Crippen LogP contribution < -0.4 is 5.56 Å². The minimum atomic E-state index is -0.272. The minimum Gasteiger partial charge on any atom is -0.303 e. The van der Waals surface area contributed by atoms with Gasteiger partial charge < -0.3 is 4.57 Å². The molecule has 28 heavy (non-hydrogen) atoms. The number of hydrogen-bond donors (Lipinski definition) is 0. The van der Waals surface area contributed by atoms with E-state index in [-0.39, 0.29) is 11.1 Å². The Hall–Kier alpha value is -3.90. The molecule has 4 aromatic rings. The summed E-state index contributed by atoms with van der Waals surface area (Å²) in [5, 5.41) is 9.75. The number of hydrogen-bond acceptors (Lipinski definition) is 2. The zero-order chi connectivity index (χ0) is 19.3. The fourth-order valence-electron chi connectivity index (χ4n) is 3.37. The van der Waals surface area contributed by atoms with Gasteiger partial charge >= 0.3 is 0 Å². The molecule has 0 aliphatic heterocycles. The third-order valence-corrected chi connectivity index (χ3v) is 4.75. The van der Waals surface area contributed by atoms with Crippen LogP contribution in [-0.2, 0) is 6.54 Å². The zero-order valence-corrected chi connectivity index (χ0v) is 15.2. The van der Waals surface area contributed by atoms with Crippen LogP contribution >= 0.6 is 0 Å². The predicted molar refractivity (Wildman–Crippen MR) is 112 cm³/mol. The van der Waals surface area contributed by atoms with E-state index in [1.807, 2.05) is 97.1 Å². The molecule has 0 aliphatic carbocycles. The summed E-state index contributed by atoms with van der Waals surface area (Å²) in [5.41, 5.74) is 4.17. The lowest BCUT2D eigenvalue weighted by atomic mass is 9.98. The van der Waals surface area contributed by atoms with Crippen molar-refractivity contribution >= 4 is 0 Å². The predicted octanol–water partition coefficient (Wildman–Crippen LogP) is 5.10. The van der Waals surface area contributed by atoms with Crippen LogP contribution in [0.5, 0.6) is 0 Å². The maximum Gasteiger partial charge on any atom is 0.269 e. The summed E-state index contributed by atoms with van der Waals surface area (Å²) in [6, 6.07) is 33.3. The highest BCUT2D eigenvalue weighted by Gasteiger charge is 2.17. The molecule has 1 heterocycles. The van der Waals surface area contributed by atoms with E-state index in [1.165, 1.54) is 0 Å². The molecular weight excluding hydrogens is 344 g/mol. The van der Waals surface area contributed by atoms with Crippen molar-refractivity contribution in [2.45, 2.75) is 6.54 Å². The van der Waals surface area contributed by atoms with Crippen LogP contribution in [0.4, 0.5) is 0 Å². The van der Waals surface area contributed by atoms with Crippen molar-refractivity contribution < 1.29 is 0 Å². The van der Waals surface area contributed by atoms with E-state index < -0.39 is 0 Å². The quantitative estimate of drug-likeness (QED) is 0.507. The normalized spacial score (nSPS) is 10.4. The molecule has 0 saturated heterocycles. The molecule has 3 aromatic carbocycles. The first-order chi connectivity index (χ1) is 13.8. The first-order valence-corrected chi connectivity index (χ1v) is 9.10. The number of pyridine rings is 1. The minimum absolute atomic E-state index is 0.168. The van der Waals surface area contributed by atoms with E-state index in [2.05, 4.69) is 6.07 Å². The van der Waals surface area contributed by atoms with Crippen LogP contribution in [0, 0.1) is 11.3 Å². The SMILES string of the molecule is N#Cc1c(-c2ccccc2)cc(-c2ccccc2)n(Cc2ccccc2)c1=O. The van der Waals surface area contributed by atoms with Crippen LogP contribution in [0.25, 0.3) is 22.4 Å². The molecule has 1 aromatic heterocycles. The molecule has 0 aliphatic rings. The summed E-state index contributed by atoms with van der Waals surface area (Å²) in [6.45, 7) is 0.410. The molecule has 0 fully saturated rings. The van der Waals surface area contributed by atoms with E-state index in [0.717, 1.165) is 22.4 Å². The Morgan fingerprint density at radius 3 is 1.86 bits per heavy atom. The van der Waals surface area contributed by atoms with Gasteiger partial charge in [-0.3, -0.25) is 4.79 Å². The van der Waals surface area contributed by atoms with Gasteiger partial charge in [0.1, 0.15) is 11.6 Å². The van der Waals surface area contributed by atoms with E-state index in [1.54, 1.807) is 4.57 Å². The first-order valence-electron chi connectivity index (χ1n) is 9.10. The van der Waals surface area contributed by atoms with Gasteiger partial charge in [0, 0.05) is 5.56 Å². The molecule has 3 heteroatoms. The van der Waals surface area contributed by atoms with Crippen molar-refractivity contribution in [2.24, 2.45) is 0 Å². The van der Waals surface area contributed by atoms with E-state index in [4.69, 9.17) is 0 Å². The number of aromatic nitrogens is 1. The van der Waals surface area contributed by atoms with Gasteiger partial charge in [0.25, 0.3) is 5.56 Å². The molecule has 0 atom stereocenters. The molecule has 0 N–H and O–H groups in total. The molecule has 4 rings (SSSR count). The van der Waals surface area contributed by atoms with Crippen molar-refractivity contribution in [2.75, 3.05) is 0 Å². The van der Waals surface area contributed by atoms with Crippen molar-refractivity contribution in [3.05, 3.63) is 119 Å². The molecule has 0 bridgehead atoms. The highest BCUT2D eigenvalue weighted by Crippen LogP contribution is 2.28. The van der Waals surface area contributed by atoms with E-state index in [0.29, 0.717) is 12.1 Å². The van der Waals surface area contributed by atoms with Gasteiger partial charge in [-0.25, -0.2) is 0 Å². The Labute approximate surface area is 163 Å². The second-order valence-corrected chi connectivity index (χ2v) is 6.54. The molecule has 0 spiro atoms. The second kappa shape index (κ2) is 7.77. The Morgan fingerprint density at radius 1 is 0.750 bits per heavy atom. The first kappa shape index (κ1) is 17.5. The summed E-state index contributed by atoms with van der Waals surface area (Å²) in [5.74, 6) is 0. The Balaban J connectivity index is 2.00. The lowest BCUT2D eigenvalue weighted by Gasteiger charge is -2.17. The summed E-state index contributed by atoms with van der Waals surface area (Å²) in [4.78, 5) is 13.3. The molecule has 0 radical (unpaired) electrons. The standard InChI is InChI=1S/C25H18N2O/c26-17-23-22(20-12-6-2-7-13-20)16-24(21-14-8-3-9-15-21)27(25(23)28)18-19-10-4-1-5-11-19/h1-16H,18H2. The number of rotatable bonds is 4. The fraction of sp³-hybridized carbons (Fsp3) is 0.0400. The maximum absolute atomic E-state index is 13.3. The Morgan fingerprint density at radius 2 is 1.29 bits per heavy atom. The van der Waals surface area contributed by atoms with Crippen LogP contribution in [0.15, 0.2) is 102 Å². The van der Waals surface area contributed by atoms with Crippen molar-refractivity contribution in [1.82, 2.24) is 4.57 Å². The van der Waals surface area contributed by atoms with Gasteiger partial charge in [0.2, 0.25) is 0 Å². The summed E-state index contributed by atoms with van der Waals surface area (Å²) in [7, 11) is 0. The molecular formula is C25H18N2O. The average molecular weight is 362 g/mol. The van der Waals surface area contributed by atoms with Gasteiger partial charge in [-0.2, -0.15) is 5.26 Å². The largest absolute Gasteiger partial charge is 0.303 e. The van der Waals surface area contributed by atoms with E-state index >= 15 is 0 Å². The molecule has 134 valence electrons. The third-order valence-electron chi connectivity index (χ3n) is 4.75. The summed E-state index contributed by atoms with van der Waals surface area (Å²) < 4.78 is 1.69. The van der Waals surface area contributed by atoms with Gasteiger partial charge in [0.15, 0.2) is 0 Å². The van der Waals surface area contributed by atoms with Crippen molar-refractivity contribution in [1.29, 1.82) is 5.26 Å². The number of nitrogens with zero attached hydrogens (tertiary/aromatic N) is 2. The monoisotopic (exact) mass is 362 g/mol. The number of nitriles is 1. The molecule has 0 amide bonds. The molecule has 0 unspecified atom stereocenters. The summed E-state index contributed by atoms with van der Waals surface area (Å²) in [6.07, 6.45) is 0. The van der Waals surface area contributed by atoms with Crippen molar-refractivity contribution in [3.8, 4) is 28.5 Å². The van der Waals surface area contributed by atoms with Gasteiger partial charge in [-0.15, -0.1) is 0 Å².